The van der Waals surface area contributed by atoms with E-state index in [0.717, 1.165) is 12.1 Å². The Bertz CT molecular complexity index is 1330. The van der Waals surface area contributed by atoms with E-state index >= 15 is 0 Å². The molecule has 1 atom stereocenters. The second kappa shape index (κ2) is 11.1. The van der Waals surface area contributed by atoms with Crippen LogP contribution < -0.4 is 19.5 Å². The van der Waals surface area contributed by atoms with Crippen molar-refractivity contribution in [1.29, 1.82) is 0 Å². The van der Waals surface area contributed by atoms with Crippen molar-refractivity contribution in [2.45, 2.75) is 30.5 Å². The molecule has 0 fully saturated rings. The molecule has 0 aromatic heterocycles. The van der Waals surface area contributed by atoms with E-state index < -0.39 is 38.8 Å². The highest BCUT2D eigenvalue weighted by Crippen LogP contribution is 2.36. The Kier molecular flexibility index (Phi) is 8.36. The second-order valence-corrected chi connectivity index (χ2v) is 9.59. The van der Waals surface area contributed by atoms with E-state index in [1.165, 1.54) is 31.4 Å². The molecule has 0 saturated carbocycles. The number of amides is 1. The van der Waals surface area contributed by atoms with Crippen LogP contribution in [0.25, 0.3) is 0 Å². The van der Waals surface area contributed by atoms with Crippen molar-refractivity contribution in [1.82, 2.24) is 0 Å². The minimum absolute atomic E-state index is 0.219. The quantitative estimate of drug-likeness (QED) is 0.348. The van der Waals surface area contributed by atoms with Gasteiger partial charge in [-0.25, -0.2) is 8.42 Å². The fraction of sp³-hybridized carbons (Fsp3) is 0.208. The average Bonchev–Trinajstić information content (AvgIpc) is 2.83. The Labute approximate surface area is 211 Å². The third-order valence-corrected chi connectivity index (χ3v) is 6.67. The van der Waals surface area contributed by atoms with Crippen LogP contribution in [0.4, 0.5) is 24.5 Å². The van der Waals surface area contributed by atoms with Crippen LogP contribution in [0.15, 0.2) is 71.6 Å². The number of methoxy groups -OCH3 is 1. The van der Waals surface area contributed by atoms with Crippen LogP contribution in [0.5, 0.6) is 11.5 Å². The normalized spacial score (nSPS) is 12.5. The lowest BCUT2D eigenvalue weighted by atomic mass is 10.2. The first-order valence-corrected chi connectivity index (χ1v) is 12.4. The number of ether oxygens (including phenoxy) is 2. The van der Waals surface area contributed by atoms with Gasteiger partial charge < -0.3 is 14.8 Å². The monoisotopic (exact) mass is 542 g/mol. The zero-order chi connectivity index (χ0) is 26.5. The number of hydrogen-bond donors (Lipinski definition) is 2. The number of halogens is 4. The van der Waals surface area contributed by atoms with Crippen molar-refractivity contribution in [2.75, 3.05) is 17.1 Å². The smallest absolute Gasteiger partial charge is 0.417 e. The van der Waals surface area contributed by atoms with Gasteiger partial charge in [0.2, 0.25) is 0 Å². The first kappa shape index (κ1) is 27.2. The van der Waals surface area contributed by atoms with Crippen molar-refractivity contribution >= 4 is 38.9 Å². The molecule has 0 radical (unpaired) electrons. The summed E-state index contributed by atoms with van der Waals surface area (Å²) in [6.07, 6.45) is -5.21. The summed E-state index contributed by atoms with van der Waals surface area (Å²) in [6, 6.07) is 14.6. The number of anilines is 2. The zero-order valence-electron chi connectivity index (χ0n) is 19.1. The molecule has 0 spiro atoms. The van der Waals surface area contributed by atoms with Gasteiger partial charge in [0.1, 0.15) is 11.5 Å². The molecule has 3 aromatic carbocycles. The summed E-state index contributed by atoms with van der Waals surface area (Å²) in [5.41, 5.74) is -1.16. The lowest BCUT2D eigenvalue weighted by molar-refractivity contribution is -0.137. The van der Waals surface area contributed by atoms with E-state index in [0.29, 0.717) is 29.7 Å². The molecule has 12 heteroatoms. The van der Waals surface area contributed by atoms with Gasteiger partial charge in [-0.3, -0.25) is 9.52 Å². The summed E-state index contributed by atoms with van der Waals surface area (Å²) < 4.78 is 77.5. The highest BCUT2D eigenvalue weighted by atomic mass is 35.5. The highest BCUT2D eigenvalue weighted by molar-refractivity contribution is 7.92. The number of carbonyl (C=O) groups excluding carboxylic acids is 1. The Morgan fingerprint density at radius 3 is 2.25 bits per heavy atom. The molecule has 0 heterocycles. The molecule has 1 amide bonds. The molecule has 2 N–H and O–H groups in total. The number of hydrogen-bond acceptors (Lipinski definition) is 5. The van der Waals surface area contributed by atoms with Crippen molar-refractivity contribution in [3.63, 3.8) is 0 Å². The van der Waals surface area contributed by atoms with E-state index in [1.807, 2.05) is 0 Å². The first-order valence-electron chi connectivity index (χ1n) is 10.5. The summed E-state index contributed by atoms with van der Waals surface area (Å²) in [6.45, 7) is 1.77. The topological polar surface area (TPSA) is 93.7 Å². The summed E-state index contributed by atoms with van der Waals surface area (Å²) in [7, 11) is -2.70. The van der Waals surface area contributed by atoms with Crippen molar-refractivity contribution in [2.24, 2.45) is 0 Å². The number of carbonyl (C=O) groups is 1. The first-order chi connectivity index (χ1) is 16.9. The van der Waals surface area contributed by atoms with Crippen LogP contribution in [0.2, 0.25) is 5.02 Å². The Morgan fingerprint density at radius 2 is 1.64 bits per heavy atom. The van der Waals surface area contributed by atoms with Crippen LogP contribution in [-0.4, -0.2) is 27.5 Å². The molecule has 0 aliphatic carbocycles. The van der Waals surface area contributed by atoms with E-state index in [9.17, 15) is 26.4 Å². The molecule has 192 valence electrons. The number of benzene rings is 3. The predicted molar refractivity (Wildman–Crippen MR) is 130 cm³/mol. The fourth-order valence-corrected chi connectivity index (χ4v) is 4.40. The van der Waals surface area contributed by atoms with E-state index in [1.54, 1.807) is 31.2 Å². The van der Waals surface area contributed by atoms with Crippen LogP contribution in [-0.2, 0) is 21.0 Å². The molecule has 7 nitrogen and oxygen atoms in total. The number of nitrogens with one attached hydrogen (secondary N) is 2. The van der Waals surface area contributed by atoms with Gasteiger partial charge in [0.05, 0.1) is 22.6 Å². The number of rotatable bonds is 9. The van der Waals surface area contributed by atoms with Crippen LogP contribution in [0.1, 0.15) is 18.9 Å². The van der Waals surface area contributed by atoms with Crippen LogP contribution in [0, 0.1) is 0 Å². The van der Waals surface area contributed by atoms with Crippen molar-refractivity contribution < 1.29 is 35.9 Å². The second-order valence-electron chi connectivity index (χ2n) is 7.51. The maximum atomic E-state index is 13.1. The van der Waals surface area contributed by atoms with Crippen molar-refractivity contribution in [3.8, 4) is 11.5 Å². The zero-order valence-corrected chi connectivity index (χ0v) is 20.7. The fourth-order valence-electron chi connectivity index (χ4n) is 3.12. The molecule has 0 unspecified atom stereocenters. The molecule has 0 bridgehead atoms. The van der Waals surface area contributed by atoms with Gasteiger partial charge in [0.25, 0.3) is 15.9 Å². The molecule has 36 heavy (non-hydrogen) atoms. The molecule has 3 aromatic rings. The van der Waals surface area contributed by atoms with Crippen LogP contribution >= 0.6 is 11.6 Å². The van der Waals surface area contributed by atoms with E-state index in [2.05, 4.69) is 10.0 Å². The average molecular weight is 543 g/mol. The Balaban J connectivity index is 1.69. The summed E-state index contributed by atoms with van der Waals surface area (Å²) in [5.74, 6) is 0.566. The molecule has 0 aliphatic heterocycles. The minimum Gasteiger partial charge on any atom is -0.497 e. The number of alkyl halides is 3. The summed E-state index contributed by atoms with van der Waals surface area (Å²) in [5, 5.41) is 2.10. The third kappa shape index (κ3) is 6.82. The lowest BCUT2D eigenvalue weighted by Gasteiger charge is -2.18. The van der Waals surface area contributed by atoms with Crippen molar-refractivity contribution in [3.05, 3.63) is 77.3 Å². The highest BCUT2D eigenvalue weighted by Gasteiger charge is 2.33. The van der Waals surface area contributed by atoms with E-state index in [-0.39, 0.29) is 10.6 Å². The lowest BCUT2D eigenvalue weighted by Crippen LogP contribution is -2.32. The standard InChI is InChI=1S/C24H22ClF3N2O5S/c1-3-22(35-18-6-4-5-17(14-18)34-2)23(31)29-15-7-10-19(11-8-15)36(32,33)30-16-9-12-21(25)20(13-16)24(26,27)28/h4-14,22,30H,3H2,1-2H3,(H,29,31)/t22-/m0/s1. The van der Waals surface area contributed by atoms with Gasteiger partial charge in [-0.15, -0.1) is 0 Å². The largest absolute Gasteiger partial charge is 0.497 e. The number of sulfonamides is 1. The Hall–Kier alpha value is -3.44. The molecule has 0 aliphatic rings. The molecule has 0 saturated heterocycles. The molecular formula is C24H22ClF3N2O5S. The van der Waals surface area contributed by atoms with Crippen LogP contribution in [0.3, 0.4) is 0 Å². The molecule has 3 rings (SSSR count). The summed E-state index contributed by atoms with van der Waals surface area (Å²) >= 11 is 5.57. The molecular weight excluding hydrogens is 521 g/mol. The summed E-state index contributed by atoms with van der Waals surface area (Å²) in [4.78, 5) is 12.4. The predicted octanol–water partition coefficient (Wildman–Crippen LogP) is 5.96. The van der Waals surface area contributed by atoms with Gasteiger partial charge in [-0.2, -0.15) is 13.2 Å². The van der Waals surface area contributed by atoms with Gasteiger partial charge >= 0.3 is 6.18 Å². The van der Waals surface area contributed by atoms with Gasteiger partial charge in [-0.1, -0.05) is 24.6 Å². The van der Waals surface area contributed by atoms with E-state index in [4.69, 9.17) is 21.1 Å². The van der Waals surface area contributed by atoms with Gasteiger partial charge in [0.15, 0.2) is 6.10 Å². The Morgan fingerprint density at radius 1 is 1.00 bits per heavy atom. The minimum atomic E-state index is -4.75. The maximum Gasteiger partial charge on any atom is 0.417 e. The third-order valence-electron chi connectivity index (χ3n) is 4.94. The maximum absolute atomic E-state index is 13.1. The van der Waals surface area contributed by atoms with Gasteiger partial charge in [-0.05, 0) is 61.0 Å². The SMILES string of the molecule is CC[C@H](Oc1cccc(OC)c1)C(=O)Nc1ccc(S(=O)(=O)Nc2ccc(Cl)c(C(F)(F)F)c2)cc1. The van der Waals surface area contributed by atoms with Gasteiger partial charge in [0, 0.05) is 17.4 Å².